The lowest BCUT2D eigenvalue weighted by Gasteiger charge is -2.18. The Hall–Kier alpha value is -4.86. The highest BCUT2D eigenvalue weighted by Gasteiger charge is 2.23. The van der Waals surface area contributed by atoms with Crippen molar-refractivity contribution in [2.75, 3.05) is 13.2 Å². The molecule has 0 spiro atoms. The third kappa shape index (κ3) is 10.4. The van der Waals surface area contributed by atoms with E-state index in [-0.39, 0.29) is 13.0 Å². The van der Waals surface area contributed by atoms with Crippen molar-refractivity contribution >= 4 is 24.0 Å². The van der Waals surface area contributed by atoms with Crippen molar-refractivity contribution in [1.29, 1.82) is 0 Å². The van der Waals surface area contributed by atoms with Crippen molar-refractivity contribution in [1.82, 2.24) is 21.5 Å². The van der Waals surface area contributed by atoms with E-state index in [0.29, 0.717) is 13.0 Å². The number of hydrogen-bond donors (Lipinski definition) is 4. The van der Waals surface area contributed by atoms with Gasteiger partial charge in [-0.15, -0.1) is 0 Å². The van der Waals surface area contributed by atoms with Crippen molar-refractivity contribution in [3.05, 3.63) is 108 Å². The molecule has 0 unspecified atom stereocenters. The van der Waals surface area contributed by atoms with Crippen LogP contribution in [0.25, 0.3) is 0 Å². The smallest absolute Gasteiger partial charge is 0.426 e. The van der Waals surface area contributed by atoms with E-state index in [1.54, 1.807) is 36.4 Å². The van der Waals surface area contributed by atoms with Crippen LogP contribution in [0.1, 0.15) is 16.7 Å². The number of ether oxygens (including phenoxy) is 2. The molecule has 0 aliphatic carbocycles. The molecular weight excluding hydrogens is 488 g/mol. The van der Waals surface area contributed by atoms with Crippen LogP contribution in [0.5, 0.6) is 0 Å². The molecule has 0 aromatic heterocycles. The van der Waals surface area contributed by atoms with Gasteiger partial charge in [-0.2, -0.15) is 0 Å². The summed E-state index contributed by atoms with van der Waals surface area (Å²) in [6.45, 7) is -0.101. The number of hydrogen-bond acceptors (Lipinski definition) is 6. The minimum Gasteiger partial charge on any atom is -0.445 e. The molecule has 0 heterocycles. The number of amides is 4. The fraction of sp³-hybridized carbons (Fsp3) is 0.214. The van der Waals surface area contributed by atoms with Crippen molar-refractivity contribution < 1.29 is 28.7 Å². The maximum Gasteiger partial charge on any atom is 0.426 e. The van der Waals surface area contributed by atoms with Crippen molar-refractivity contribution in [2.45, 2.75) is 25.5 Å². The molecule has 10 nitrogen and oxygen atoms in total. The molecule has 0 aliphatic rings. The van der Waals surface area contributed by atoms with E-state index in [9.17, 15) is 19.2 Å². The van der Waals surface area contributed by atoms with E-state index < -0.39 is 36.6 Å². The first-order chi connectivity index (χ1) is 18.5. The van der Waals surface area contributed by atoms with Crippen molar-refractivity contribution in [3.8, 4) is 0 Å². The van der Waals surface area contributed by atoms with Gasteiger partial charge in [0.05, 0.1) is 0 Å². The van der Waals surface area contributed by atoms with Gasteiger partial charge in [0.25, 0.3) is 11.8 Å². The fourth-order valence-corrected chi connectivity index (χ4v) is 3.38. The van der Waals surface area contributed by atoms with Crippen LogP contribution in [0.15, 0.2) is 91.0 Å². The Morgan fingerprint density at radius 2 is 1.24 bits per heavy atom. The van der Waals surface area contributed by atoms with Crippen LogP contribution in [-0.2, 0) is 38.5 Å². The molecule has 198 valence electrons. The SMILES string of the molecule is O=C(COC(=O)NNC(=O)[C@H](Cc1ccccc1)NC(=O)OCc1ccccc1)NCCc1ccccc1. The first kappa shape index (κ1) is 27.7. The zero-order chi connectivity index (χ0) is 27.0. The van der Waals surface area contributed by atoms with Crippen LogP contribution in [0.3, 0.4) is 0 Å². The minimum atomic E-state index is -1.05. The van der Waals surface area contributed by atoms with Crippen LogP contribution in [0, 0.1) is 0 Å². The highest BCUT2D eigenvalue weighted by Crippen LogP contribution is 2.05. The van der Waals surface area contributed by atoms with Crippen molar-refractivity contribution in [3.63, 3.8) is 0 Å². The van der Waals surface area contributed by atoms with E-state index in [1.807, 2.05) is 54.6 Å². The molecule has 0 radical (unpaired) electrons. The summed E-state index contributed by atoms with van der Waals surface area (Å²) >= 11 is 0. The molecule has 38 heavy (non-hydrogen) atoms. The van der Waals surface area contributed by atoms with Gasteiger partial charge in [0.1, 0.15) is 12.6 Å². The van der Waals surface area contributed by atoms with E-state index >= 15 is 0 Å². The Morgan fingerprint density at radius 3 is 1.87 bits per heavy atom. The molecule has 1 atom stereocenters. The second kappa shape index (κ2) is 15.3. The van der Waals surface area contributed by atoms with E-state index in [0.717, 1.165) is 16.7 Å². The Bertz CT molecular complexity index is 1180. The predicted octanol–water partition coefficient (Wildman–Crippen LogP) is 2.64. The van der Waals surface area contributed by atoms with Gasteiger partial charge in [-0.25, -0.2) is 15.0 Å². The lowest BCUT2D eigenvalue weighted by molar-refractivity contribution is -0.124. The average molecular weight is 519 g/mol. The largest absolute Gasteiger partial charge is 0.445 e. The third-order valence-electron chi connectivity index (χ3n) is 5.30. The number of carbonyl (C=O) groups excluding carboxylic acids is 4. The Balaban J connectivity index is 1.42. The minimum absolute atomic E-state index is 0.0321. The van der Waals surface area contributed by atoms with Crippen LogP contribution in [-0.4, -0.2) is 43.2 Å². The van der Waals surface area contributed by atoms with Gasteiger partial charge in [-0.3, -0.25) is 15.0 Å². The van der Waals surface area contributed by atoms with Gasteiger partial charge < -0.3 is 20.1 Å². The zero-order valence-electron chi connectivity index (χ0n) is 20.7. The second-order valence-electron chi connectivity index (χ2n) is 8.22. The van der Waals surface area contributed by atoms with Gasteiger partial charge in [0.15, 0.2) is 6.61 Å². The molecule has 0 bridgehead atoms. The molecule has 3 aromatic rings. The number of carbonyl (C=O) groups is 4. The first-order valence-corrected chi connectivity index (χ1v) is 12.0. The maximum absolute atomic E-state index is 12.7. The average Bonchev–Trinajstić information content (AvgIpc) is 2.95. The number of rotatable bonds is 11. The van der Waals surface area contributed by atoms with E-state index in [4.69, 9.17) is 9.47 Å². The predicted molar refractivity (Wildman–Crippen MR) is 139 cm³/mol. The molecule has 0 fully saturated rings. The number of alkyl carbamates (subject to hydrolysis) is 1. The van der Waals surface area contributed by atoms with Gasteiger partial charge in [0.2, 0.25) is 0 Å². The summed E-state index contributed by atoms with van der Waals surface area (Å²) in [5.74, 6) is -1.18. The van der Waals surface area contributed by atoms with Crippen LogP contribution < -0.4 is 21.5 Å². The first-order valence-electron chi connectivity index (χ1n) is 12.0. The molecular formula is C28H30N4O6. The molecule has 0 saturated carbocycles. The molecule has 3 aromatic carbocycles. The highest BCUT2D eigenvalue weighted by molar-refractivity contribution is 5.87. The summed E-state index contributed by atoms with van der Waals surface area (Å²) in [5.41, 5.74) is 6.93. The normalized spacial score (nSPS) is 10.9. The molecule has 4 amide bonds. The number of benzene rings is 3. The fourth-order valence-electron chi connectivity index (χ4n) is 3.38. The second-order valence-corrected chi connectivity index (χ2v) is 8.22. The molecule has 0 aliphatic heterocycles. The number of hydrazine groups is 1. The van der Waals surface area contributed by atoms with Gasteiger partial charge >= 0.3 is 12.2 Å². The summed E-state index contributed by atoms with van der Waals surface area (Å²) in [7, 11) is 0. The Labute approximate surface area is 220 Å². The number of nitrogens with one attached hydrogen (secondary N) is 4. The van der Waals surface area contributed by atoms with Crippen LogP contribution in [0.2, 0.25) is 0 Å². The van der Waals surface area contributed by atoms with Crippen molar-refractivity contribution in [2.24, 2.45) is 0 Å². The quantitative estimate of drug-likeness (QED) is 0.288. The lowest BCUT2D eigenvalue weighted by Crippen LogP contribution is -2.53. The van der Waals surface area contributed by atoms with E-state index in [1.165, 1.54) is 0 Å². The maximum atomic E-state index is 12.7. The zero-order valence-corrected chi connectivity index (χ0v) is 20.7. The highest BCUT2D eigenvalue weighted by atomic mass is 16.6. The van der Waals surface area contributed by atoms with Gasteiger partial charge in [0, 0.05) is 13.0 Å². The van der Waals surface area contributed by atoms with Gasteiger partial charge in [-0.05, 0) is 23.1 Å². The van der Waals surface area contributed by atoms with Crippen LogP contribution >= 0.6 is 0 Å². The lowest BCUT2D eigenvalue weighted by atomic mass is 10.1. The molecule has 0 saturated heterocycles. The standard InChI is InChI=1S/C28H30N4O6/c33-25(29-17-16-21-10-4-1-5-11-21)20-38-28(36)32-31-26(34)24(18-22-12-6-2-7-13-22)30-27(35)37-19-23-14-8-3-9-15-23/h1-15,24H,16-20H2,(H,29,33)(H,30,35)(H,31,34)(H,32,36)/t24-/m0/s1. The summed E-state index contributed by atoms with van der Waals surface area (Å²) in [4.78, 5) is 49.0. The molecule has 3 rings (SSSR count). The van der Waals surface area contributed by atoms with Gasteiger partial charge in [-0.1, -0.05) is 91.0 Å². The van der Waals surface area contributed by atoms with E-state index in [2.05, 4.69) is 21.5 Å². The third-order valence-corrected chi connectivity index (χ3v) is 5.30. The monoisotopic (exact) mass is 518 g/mol. The molecule has 10 heteroatoms. The molecule has 4 N–H and O–H groups in total. The topological polar surface area (TPSA) is 135 Å². The summed E-state index contributed by atoms with van der Waals surface area (Å²) in [5, 5.41) is 5.17. The Kier molecular flexibility index (Phi) is 11.2. The summed E-state index contributed by atoms with van der Waals surface area (Å²) in [6, 6.07) is 26.7. The Morgan fingerprint density at radius 1 is 0.658 bits per heavy atom. The van der Waals surface area contributed by atoms with Crippen LogP contribution in [0.4, 0.5) is 9.59 Å². The summed E-state index contributed by atoms with van der Waals surface area (Å²) in [6.07, 6.45) is -1.03. The summed E-state index contributed by atoms with van der Waals surface area (Å²) < 4.78 is 10.0.